The van der Waals surface area contributed by atoms with Gasteiger partial charge >= 0.3 is 0 Å². The topological polar surface area (TPSA) is 78.1 Å². The molecule has 1 aliphatic carbocycles. The minimum atomic E-state index is -0.190. The second kappa shape index (κ2) is 8.79. The first kappa shape index (κ1) is 20.8. The maximum Gasteiger partial charge on any atom is 0.272 e. The summed E-state index contributed by atoms with van der Waals surface area (Å²) in [6, 6.07) is 15.7. The van der Waals surface area contributed by atoms with Gasteiger partial charge in [-0.15, -0.1) is 0 Å². The van der Waals surface area contributed by atoms with Gasteiger partial charge in [0.2, 0.25) is 5.91 Å². The van der Waals surface area contributed by atoms with Gasteiger partial charge in [0.05, 0.1) is 12.5 Å². The van der Waals surface area contributed by atoms with E-state index in [0.29, 0.717) is 30.2 Å². The van der Waals surface area contributed by atoms with Crippen molar-refractivity contribution in [2.24, 2.45) is 0 Å². The van der Waals surface area contributed by atoms with Crippen molar-refractivity contribution in [3.63, 3.8) is 0 Å². The average Bonchev–Trinajstić information content (AvgIpc) is 3.24. The first-order chi connectivity index (χ1) is 15.6. The van der Waals surface area contributed by atoms with Gasteiger partial charge in [0.25, 0.3) is 5.91 Å². The highest BCUT2D eigenvalue weighted by Gasteiger charge is 2.30. The van der Waals surface area contributed by atoms with E-state index in [1.807, 2.05) is 30.3 Å². The van der Waals surface area contributed by atoms with E-state index in [9.17, 15) is 9.59 Å². The van der Waals surface area contributed by atoms with Gasteiger partial charge in [0.15, 0.2) is 5.69 Å². The molecule has 32 heavy (non-hydrogen) atoms. The van der Waals surface area contributed by atoms with Crippen LogP contribution in [0.5, 0.6) is 0 Å². The molecule has 5 rings (SSSR count). The lowest BCUT2D eigenvalue weighted by molar-refractivity contribution is -0.131. The maximum absolute atomic E-state index is 13.2. The fraction of sp³-hybridized carbons (Fsp3) is 0.320. The van der Waals surface area contributed by atoms with Gasteiger partial charge in [0, 0.05) is 35.8 Å². The second-order valence-electron chi connectivity index (χ2n) is 8.48. The average molecular weight is 449 g/mol. The van der Waals surface area contributed by atoms with E-state index >= 15 is 0 Å². The molecule has 1 aliphatic heterocycles. The van der Waals surface area contributed by atoms with E-state index in [0.717, 1.165) is 36.1 Å². The Morgan fingerprint density at radius 1 is 1.12 bits per heavy atom. The van der Waals surface area contributed by atoms with E-state index in [1.165, 1.54) is 11.1 Å². The molecule has 0 fully saturated rings. The zero-order valence-electron chi connectivity index (χ0n) is 17.7. The molecular weight excluding hydrogens is 424 g/mol. The van der Waals surface area contributed by atoms with Gasteiger partial charge in [-0.2, -0.15) is 5.10 Å². The summed E-state index contributed by atoms with van der Waals surface area (Å²) < 4.78 is 0. The fourth-order valence-corrected chi connectivity index (χ4v) is 4.95. The van der Waals surface area contributed by atoms with Crippen molar-refractivity contribution >= 4 is 23.4 Å². The van der Waals surface area contributed by atoms with E-state index < -0.39 is 0 Å². The number of fused-ring (bicyclic) bond motifs is 2. The third-order valence-electron chi connectivity index (χ3n) is 6.48. The van der Waals surface area contributed by atoms with Crippen LogP contribution in [0.15, 0.2) is 48.5 Å². The molecule has 0 unspecified atom stereocenters. The number of aryl methyl sites for hydroxylation is 1. The zero-order chi connectivity index (χ0) is 22.1. The number of hydrogen-bond donors (Lipinski definition) is 2. The maximum atomic E-state index is 13.2. The zero-order valence-corrected chi connectivity index (χ0v) is 18.5. The highest BCUT2D eigenvalue weighted by molar-refractivity contribution is 6.31. The Labute approximate surface area is 192 Å². The Morgan fingerprint density at radius 2 is 1.94 bits per heavy atom. The summed E-state index contributed by atoms with van der Waals surface area (Å²) in [5, 5.41) is 11.1. The van der Waals surface area contributed by atoms with Crippen LogP contribution in [0, 0.1) is 0 Å². The predicted molar refractivity (Wildman–Crippen MR) is 122 cm³/mol. The van der Waals surface area contributed by atoms with Crippen molar-refractivity contribution in [1.82, 2.24) is 20.4 Å². The van der Waals surface area contributed by atoms with Crippen LogP contribution in [0.1, 0.15) is 57.3 Å². The van der Waals surface area contributed by atoms with Crippen molar-refractivity contribution < 1.29 is 9.59 Å². The molecule has 2 aromatic carbocycles. The quantitative estimate of drug-likeness (QED) is 0.633. The van der Waals surface area contributed by atoms with Crippen LogP contribution in [0.3, 0.4) is 0 Å². The van der Waals surface area contributed by atoms with Gasteiger partial charge < -0.3 is 10.2 Å². The Balaban J connectivity index is 1.31. The fourth-order valence-electron chi connectivity index (χ4n) is 4.74. The van der Waals surface area contributed by atoms with Crippen LogP contribution in [-0.4, -0.2) is 33.5 Å². The van der Waals surface area contributed by atoms with Gasteiger partial charge in [-0.3, -0.25) is 14.7 Å². The third-order valence-corrected chi connectivity index (χ3v) is 6.84. The lowest BCUT2D eigenvalue weighted by atomic mass is 9.87. The number of nitrogens with one attached hydrogen (secondary N) is 2. The molecule has 2 aliphatic rings. The summed E-state index contributed by atoms with van der Waals surface area (Å²) in [4.78, 5) is 27.9. The van der Waals surface area contributed by atoms with Crippen LogP contribution < -0.4 is 5.32 Å². The van der Waals surface area contributed by atoms with Crippen LogP contribution in [0.2, 0.25) is 5.02 Å². The number of carbonyl (C=O) groups is 2. The molecule has 2 N–H and O–H groups in total. The number of nitrogens with zero attached hydrogens (tertiary/aromatic N) is 2. The molecule has 1 atom stereocenters. The summed E-state index contributed by atoms with van der Waals surface area (Å²) in [7, 11) is 0. The largest absolute Gasteiger partial charge is 0.344 e. The Bertz CT molecular complexity index is 1170. The normalized spacial score (nSPS) is 17.4. The van der Waals surface area contributed by atoms with Crippen molar-refractivity contribution in [2.75, 3.05) is 6.54 Å². The van der Waals surface area contributed by atoms with E-state index in [2.05, 4.69) is 27.6 Å². The number of aromatic nitrogens is 2. The molecule has 0 saturated carbocycles. The van der Waals surface area contributed by atoms with Gasteiger partial charge in [-0.25, -0.2) is 0 Å². The van der Waals surface area contributed by atoms with Gasteiger partial charge in [0.1, 0.15) is 0 Å². The van der Waals surface area contributed by atoms with Crippen LogP contribution in [-0.2, 0) is 30.6 Å². The van der Waals surface area contributed by atoms with Crippen molar-refractivity contribution in [3.8, 4) is 0 Å². The lowest BCUT2D eigenvalue weighted by Gasteiger charge is -2.28. The third kappa shape index (κ3) is 4.02. The van der Waals surface area contributed by atoms with E-state index in [-0.39, 0.29) is 24.3 Å². The predicted octanol–water partition coefficient (Wildman–Crippen LogP) is 4.00. The molecule has 0 saturated heterocycles. The number of benzene rings is 2. The van der Waals surface area contributed by atoms with Crippen LogP contribution >= 0.6 is 11.6 Å². The van der Waals surface area contributed by atoms with Crippen LogP contribution in [0.25, 0.3) is 0 Å². The molecular formula is C25H25ClN4O2. The molecule has 7 heteroatoms. The highest BCUT2D eigenvalue weighted by atomic mass is 35.5. The molecule has 0 spiro atoms. The Kier molecular flexibility index (Phi) is 5.70. The molecule has 2 heterocycles. The molecule has 0 bridgehead atoms. The molecule has 1 aromatic heterocycles. The highest BCUT2D eigenvalue weighted by Crippen LogP contribution is 2.30. The van der Waals surface area contributed by atoms with Crippen LogP contribution in [0.4, 0.5) is 0 Å². The summed E-state index contributed by atoms with van der Waals surface area (Å²) in [5.74, 6) is -0.192. The SMILES string of the molecule is O=C(N[C@H]1CCCc2ccccc21)c1n[nH]c2c1CN(C(=O)Cc1ccccc1Cl)CC2. The Morgan fingerprint density at radius 3 is 2.81 bits per heavy atom. The van der Waals surface area contributed by atoms with E-state index in [4.69, 9.17) is 11.6 Å². The summed E-state index contributed by atoms with van der Waals surface area (Å²) in [6.45, 7) is 0.967. The summed E-state index contributed by atoms with van der Waals surface area (Å²) in [6.07, 6.45) is 3.90. The Hall–Kier alpha value is -3.12. The summed E-state index contributed by atoms with van der Waals surface area (Å²) >= 11 is 6.23. The monoisotopic (exact) mass is 448 g/mol. The van der Waals surface area contributed by atoms with Crippen molar-refractivity contribution in [2.45, 2.75) is 44.7 Å². The summed E-state index contributed by atoms with van der Waals surface area (Å²) in [5.41, 5.74) is 5.42. The lowest BCUT2D eigenvalue weighted by Crippen LogP contribution is -2.38. The first-order valence-electron chi connectivity index (χ1n) is 11.1. The first-order valence-corrected chi connectivity index (χ1v) is 11.4. The number of amides is 2. The second-order valence-corrected chi connectivity index (χ2v) is 8.89. The number of hydrogen-bond acceptors (Lipinski definition) is 3. The minimum absolute atomic E-state index is 0.00230. The number of H-pyrrole nitrogens is 1. The number of halogens is 1. The van der Waals surface area contributed by atoms with Gasteiger partial charge in [-0.05, 0) is 42.0 Å². The van der Waals surface area contributed by atoms with Gasteiger partial charge in [-0.1, -0.05) is 54.1 Å². The standard InChI is InChI=1S/C25H25ClN4O2/c26-20-10-4-2-7-17(20)14-23(31)30-13-12-22-19(15-30)24(29-28-22)25(32)27-21-11-5-8-16-6-1-3-9-18(16)21/h1-4,6-7,9-10,21H,5,8,11-15H2,(H,27,32)(H,28,29)/t21-/m0/s1. The molecule has 164 valence electrons. The molecule has 2 amide bonds. The number of rotatable bonds is 4. The van der Waals surface area contributed by atoms with E-state index in [1.54, 1.807) is 11.0 Å². The number of aromatic amines is 1. The smallest absolute Gasteiger partial charge is 0.272 e. The molecule has 6 nitrogen and oxygen atoms in total. The number of carbonyl (C=O) groups excluding carboxylic acids is 2. The molecule has 0 radical (unpaired) electrons. The molecule has 3 aromatic rings. The van der Waals surface area contributed by atoms with Crippen molar-refractivity contribution in [3.05, 3.63) is 87.2 Å². The minimum Gasteiger partial charge on any atom is -0.344 e. The van der Waals surface area contributed by atoms with Crippen molar-refractivity contribution in [1.29, 1.82) is 0 Å².